The number of carbonyl (C=O) groups is 2. The molecule has 0 saturated carbocycles. The molecule has 2 amide bonds. The van der Waals surface area contributed by atoms with E-state index in [4.69, 9.17) is 34.8 Å². The number of nitrogens with one attached hydrogen (secondary N) is 2. The van der Waals surface area contributed by atoms with Crippen LogP contribution in [0.1, 0.15) is 28.3 Å². The van der Waals surface area contributed by atoms with Crippen LogP contribution in [0, 0.1) is 5.82 Å². The number of hydrogen-bond donors (Lipinski definition) is 2. The first-order chi connectivity index (χ1) is 15.9. The minimum atomic E-state index is -4.75. The minimum absolute atomic E-state index is 0.00353. The number of alkyl halides is 3. The first-order valence-corrected chi connectivity index (χ1v) is 10.7. The Kier molecular flexibility index (Phi) is 8.07. The van der Waals surface area contributed by atoms with Crippen molar-refractivity contribution in [2.45, 2.75) is 18.5 Å². The SMILES string of the molecule is O=C(CC(c1cc(Cl)cc(Cl)c1)C(F)(F)F)Nc1ccc(Cl)c(C(=O)Nc2cccc(F)c2)c1. The summed E-state index contributed by atoms with van der Waals surface area (Å²) in [7, 11) is 0. The van der Waals surface area contributed by atoms with Gasteiger partial charge in [-0.2, -0.15) is 13.2 Å². The molecule has 178 valence electrons. The number of hydrogen-bond acceptors (Lipinski definition) is 2. The summed E-state index contributed by atoms with van der Waals surface area (Å²) in [5, 5.41) is 4.82. The highest BCUT2D eigenvalue weighted by Crippen LogP contribution is 2.39. The third-order valence-electron chi connectivity index (χ3n) is 4.65. The van der Waals surface area contributed by atoms with Crippen molar-refractivity contribution in [1.82, 2.24) is 0 Å². The molecule has 0 bridgehead atoms. The van der Waals surface area contributed by atoms with E-state index in [1.807, 2.05) is 0 Å². The molecular weight excluding hydrogens is 519 g/mol. The number of rotatable bonds is 6. The van der Waals surface area contributed by atoms with Crippen LogP contribution in [0.4, 0.5) is 28.9 Å². The molecule has 34 heavy (non-hydrogen) atoms. The Morgan fingerprint density at radius 3 is 2.12 bits per heavy atom. The van der Waals surface area contributed by atoms with Crippen molar-refractivity contribution in [3.63, 3.8) is 0 Å². The average Bonchev–Trinajstić information content (AvgIpc) is 2.72. The molecule has 3 aromatic rings. The Morgan fingerprint density at radius 1 is 0.853 bits per heavy atom. The predicted octanol–water partition coefficient (Wildman–Crippen LogP) is 7.71. The average molecular weight is 534 g/mol. The number of benzene rings is 3. The molecule has 0 fully saturated rings. The fourth-order valence-corrected chi connectivity index (χ4v) is 3.88. The molecule has 11 heteroatoms. The van der Waals surface area contributed by atoms with Gasteiger partial charge in [0.15, 0.2) is 0 Å². The maximum Gasteiger partial charge on any atom is 0.396 e. The molecule has 0 radical (unpaired) electrons. The van der Waals surface area contributed by atoms with Crippen molar-refractivity contribution in [2.75, 3.05) is 10.6 Å². The summed E-state index contributed by atoms with van der Waals surface area (Å²) in [6, 6.07) is 12.5. The van der Waals surface area contributed by atoms with Gasteiger partial charge in [-0.1, -0.05) is 40.9 Å². The van der Waals surface area contributed by atoms with Gasteiger partial charge >= 0.3 is 6.18 Å². The van der Waals surface area contributed by atoms with E-state index in [0.29, 0.717) is 0 Å². The second-order valence-corrected chi connectivity index (χ2v) is 8.49. The molecule has 0 aliphatic carbocycles. The molecule has 3 aromatic carbocycles. The standard InChI is InChI=1S/C23H15Cl3F4N2O2/c24-13-6-12(7-14(25)8-13)19(23(28,29)30)11-21(33)31-17-4-5-20(26)18(10-17)22(34)32-16-3-1-2-15(27)9-16/h1-10,19H,11H2,(H,31,33)(H,32,34). The summed E-state index contributed by atoms with van der Waals surface area (Å²) in [6.07, 6.45) is -5.70. The fraction of sp³-hybridized carbons (Fsp3) is 0.130. The molecule has 0 aliphatic rings. The van der Waals surface area contributed by atoms with Crippen molar-refractivity contribution in [3.8, 4) is 0 Å². The summed E-state index contributed by atoms with van der Waals surface area (Å²) >= 11 is 17.7. The van der Waals surface area contributed by atoms with E-state index in [9.17, 15) is 27.2 Å². The Bertz CT molecular complexity index is 1210. The lowest BCUT2D eigenvalue weighted by molar-refractivity contribution is -0.155. The van der Waals surface area contributed by atoms with E-state index in [2.05, 4.69) is 10.6 Å². The lowest BCUT2D eigenvalue weighted by Gasteiger charge is -2.21. The summed E-state index contributed by atoms with van der Waals surface area (Å²) in [4.78, 5) is 25.0. The van der Waals surface area contributed by atoms with Gasteiger partial charge in [-0.05, 0) is 60.2 Å². The van der Waals surface area contributed by atoms with Gasteiger partial charge in [-0.15, -0.1) is 0 Å². The van der Waals surface area contributed by atoms with Crippen molar-refractivity contribution in [2.24, 2.45) is 0 Å². The second kappa shape index (κ2) is 10.6. The Hall–Kier alpha value is -2.81. The maximum atomic E-state index is 13.7. The zero-order valence-electron chi connectivity index (χ0n) is 17.0. The van der Waals surface area contributed by atoms with E-state index >= 15 is 0 Å². The monoisotopic (exact) mass is 532 g/mol. The van der Waals surface area contributed by atoms with Crippen LogP contribution in [0.15, 0.2) is 60.7 Å². The van der Waals surface area contributed by atoms with Crippen LogP contribution in [0.5, 0.6) is 0 Å². The predicted molar refractivity (Wildman–Crippen MR) is 124 cm³/mol. The maximum absolute atomic E-state index is 13.7. The van der Waals surface area contributed by atoms with E-state index in [-0.39, 0.29) is 37.6 Å². The van der Waals surface area contributed by atoms with Crippen molar-refractivity contribution in [3.05, 3.63) is 92.7 Å². The third-order valence-corrected chi connectivity index (χ3v) is 5.42. The number of anilines is 2. The molecule has 3 rings (SSSR count). The highest BCUT2D eigenvalue weighted by Gasteiger charge is 2.42. The quantitative estimate of drug-likeness (QED) is 0.319. The van der Waals surface area contributed by atoms with Gasteiger partial charge in [-0.3, -0.25) is 9.59 Å². The molecule has 0 aliphatic heterocycles. The zero-order chi connectivity index (χ0) is 25.0. The van der Waals surface area contributed by atoms with Gasteiger partial charge in [0.1, 0.15) is 5.82 Å². The molecular formula is C23H15Cl3F4N2O2. The molecule has 2 N–H and O–H groups in total. The fourth-order valence-electron chi connectivity index (χ4n) is 3.14. The van der Waals surface area contributed by atoms with Gasteiger partial charge in [0.05, 0.1) is 16.5 Å². The molecule has 1 atom stereocenters. The van der Waals surface area contributed by atoms with Crippen molar-refractivity contribution >= 4 is 58.0 Å². The van der Waals surface area contributed by atoms with Crippen LogP contribution < -0.4 is 10.6 Å². The topological polar surface area (TPSA) is 58.2 Å². The first kappa shape index (κ1) is 25.8. The van der Waals surface area contributed by atoms with Crippen LogP contribution in [-0.2, 0) is 4.79 Å². The smallest absolute Gasteiger partial charge is 0.326 e. The van der Waals surface area contributed by atoms with Crippen molar-refractivity contribution < 1.29 is 27.2 Å². The highest BCUT2D eigenvalue weighted by molar-refractivity contribution is 6.35. The lowest BCUT2D eigenvalue weighted by Crippen LogP contribution is -2.26. The zero-order valence-corrected chi connectivity index (χ0v) is 19.3. The number of halogens is 7. The summed E-state index contributed by atoms with van der Waals surface area (Å²) in [5.74, 6) is -4.39. The van der Waals surface area contributed by atoms with Gasteiger partial charge in [0.2, 0.25) is 5.91 Å². The molecule has 0 saturated heterocycles. The summed E-state index contributed by atoms with van der Waals surface area (Å²) in [5.41, 5.74) is -0.114. The van der Waals surface area contributed by atoms with Crippen LogP contribution in [0.3, 0.4) is 0 Å². The van der Waals surface area contributed by atoms with Crippen molar-refractivity contribution in [1.29, 1.82) is 0 Å². The Morgan fingerprint density at radius 2 is 1.50 bits per heavy atom. The number of amides is 2. The van der Waals surface area contributed by atoms with E-state index in [0.717, 1.165) is 18.2 Å². The summed E-state index contributed by atoms with van der Waals surface area (Å²) < 4.78 is 54.3. The van der Waals surface area contributed by atoms with Crippen LogP contribution in [-0.4, -0.2) is 18.0 Å². The van der Waals surface area contributed by atoms with Gasteiger partial charge in [0.25, 0.3) is 5.91 Å². The van der Waals surface area contributed by atoms with Crippen LogP contribution in [0.2, 0.25) is 15.1 Å². The molecule has 0 aromatic heterocycles. The Labute approximate surface area is 206 Å². The van der Waals surface area contributed by atoms with Crippen LogP contribution >= 0.6 is 34.8 Å². The largest absolute Gasteiger partial charge is 0.396 e. The van der Waals surface area contributed by atoms with Gasteiger partial charge in [0, 0.05) is 27.8 Å². The molecule has 0 heterocycles. The minimum Gasteiger partial charge on any atom is -0.326 e. The second-order valence-electron chi connectivity index (χ2n) is 7.21. The highest BCUT2D eigenvalue weighted by atomic mass is 35.5. The van der Waals surface area contributed by atoms with Gasteiger partial charge < -0.3 is 10.6 Å². The van der Waals surface area contributed by atoms with E-state index in [1.165, 1.54) is 42.5 Å². The third kappa shape index (κ3) is 6.85. The van der Waals surface area contributed by atoms with Crippen LogP contribution in [0.25, 0.3) is 0 Å². The molecule has 4 nitrogen and oxygen atoms in total. The normalized spacial score (nSPS) is 12.2. The van der Waals surface area contributed by atoms with E-state index in [1.54, 1.807) is 0 Å². The number of carbonyl (C=O) groups excluding carboxylic acids is 2. The first-order valence-electron chi connectivity index (χ1n) is 9.61. The van der Waals surface area contributed by atoms with E-state index < -0.39 is 36.1 Å². The lowest BCUT2D eigenvalue weighted by atomic mass is 9.94. The molecule has 0 spiro atoms. The summed E-state index contributed by atoms with van der Waals surface area (Å²) in [6.45, 7) is 0. The molecule has 1 unspecified atom stereocenters. The van der Waals surface area contributed by atoms with Gasteiger partial charge in [-0.25, -0.2) is 4.39 Å². The Balaban J connectivity index is 1.78.